The molecular formula is C16H22N2O3. The van der Waals surface area contributed by atoms with Crippen LogP contribution in [0, 0.1) is 0 Å². The van der Waals surface area contributed by atoms with E-state index in [-0.39, 0.29) is 18.4 Å². The Bertz CT molecular complexity index is 484. The maximum absolute atomic E-state index is 12.5. The highest BCUT2D eigenvalue weighted by atomic mass is 16.5. The average molecular weight is 290 g/mol. The minimum Gasteiger partial charge on any atom is -0.383 e. The van der Waals surface area contributed by atoms with Gasteiger partial charge in [-0.2, -0.15) is 0 Å². The van der Waals surface area contributed by atoms with Crippen LogP contribution >= 0.6 is 0 Å². The van der Waals surface area contributed by atoms with E-state index < -0.39 is 5.41 Å². The van der Waals surface area contributed by atoms with Crippen LogP contribution in [0.4, 0.5) is 0 Å². The minimum absolute atomic E-state index is 0.0110. The molecule has 1 aliphatic rings. The lowest BCUT2D eigenvalue weighted by atomic mass is 9.64. The summed E-state index contributed by atoms with van der Waals surface area (Å²) in [5.41, 5.74) is 0.585. The number of hydrogen-bond donors (Lipinski definition) is 2. The van der Waals surface area contributed by atoms with Crippen LogP contribution in [0.2, 0.25) is 0 Å². The standard InChI is InChI=1S/C16H22N2O3/c1-21-11-10-17-14(19)12-18-15(20)16(8-5-9-16)13-6-3-2-4-7-13/h2-4,6-7H,5,8-12H2,1H3,(H,17,19)(H,18,20). The molecule has 0 spiro atoms. The molecule has 21 heavy (non-hydrogen) atoms. The Kier molecular flexibility index (Phi) is 5.33. The summed E-state index contributed by atoms with van der Waals surface area (Å²) < 4.78 is 4.85. The molecule has 1 fully saturated rings. The zero-order valence-electron chi connectivity index (χ0n) is 12.4. The Balaban J connectivity index is 1.88. The first-order valence-electron chi connectivity index (χ1n) is 7.28. The number of rotatable bonds is 7. The fourth-order valence-corrected chi connectivity index (χ4v) is 2.62. The van der Waals surface area contributed by atoms with Crippen molar-refractivity contribution in [2.24, 2.45) is 0 Å². The highest BCUT2D eigenvalue weighted by molar-refractivity contribution is 5.92. The fraction of sp³-hybridized carbons (Fsp3) is 0.500. The lowest BCUT2D eigenvalue weighted by Crippen LogP contribution is -2.51. The van der Waals surface area contributed by atoms with Crippen LogP contribution in [0.3, 0.4) is 0 Å². The highest BCUT2D eigenvalue weighted by Gasteiger charge is 2.45. The Morgan fingerprint density at radius 1 is 1.19 bits per heavy atom. The van der Waals surface area contributed by atoms with Gasteiger partial charge in [0.1, 0.15) is 0 Å². The highest BCUT2D eigenvalue weighted by Crippen LogP contribution is 2.43. The maximum Gasteiger partial charge on any atom is 0.239 e. The van der Waals surface area contributed by atoms with E-state index in [0.717, 1.165) is 24.8 Å². The molecule has 1 aromatic rings. The number of amides is 2. The van der Waals surface area contributed by atoms with E-state index in [1.807, 2.05) is 30.3 Å². The van der Waals surface area contributed by atoms with Gasteiger partial charge in [0.2, 0.25) is 11.8 Å². The summed E-state index contributed by atoms with van der Waals surface area (Å²) in [6, 6.07) is 9.80. The summed E-state index contributed by atoms with van der Waals surface area (Å²) in [4.78, 5) is 24.1. The molecule has 0 saturated heterocycles. The summed E-state index contributed by atoms with van der Waals surface area (Å²) >= 11 is 0. The van der Waals surface area contributed by atoms with Gasteiger partial charge in [-0.1, -0.05) is 36.8 Å². The molecule has 0 aromatic heterocycles. The Labute approximate surface area is 125 Å². The molecule has 0 radical (unpaired) electrons. The van der Waals surface area contributed by atoms with Gasteiger partial charge in [0.05, 0.1) is 18.6 Å². The number of methoxy groups -OCH3 is 1. The maximum atomic E-state index is 12.5. The van der Waals surface area contributed by atoms with Gasteiger partial charge in [-0.15, -0.1) is 0 Å². The summed E-state index contributed by atoms with van der Waals surface area (Å²) in [5.74, 6) is -0.246. The van der Waals surface area contributed by atoms with Crippen molar-refractivity contribution in [3.8, 4) is 0 Å². The second-order valence-corrected chi connectivity index (χ2v) is 5.33. The minimum atomic E-state index is -0.450. The normalized spacial score (nSPS) is 15.9. The average Bonchev–Trinajstić information content (AvgIpc) is 2.45. The van der Waals surface area contributed by atoms with Crippen molar-refractivity contribution in [1.82, 2.24) is 10.6 Å². The van der Waals surface area contributed by atoms with Crippen LogP contribution in [0.25, 0.3) is 0 Å². The Morgan fingerprint density at radius 2 is 1.90 bits per heavy atom. The smallest absolute Gasteiger partial charge is 0.239 e. The first kappa shape index (κ1) is 15.5. The second kappa shape index (κ2) is 7.22. The molecule has 114 valence electrons. The molecule has 0 heterocycles. The van der Waals surface area contributed by atoms with Gasteiger partial charge in [0, 0.05) is 13.7 Å². The molecule has 2 amide bonds. The Morgan fingerprint density at radius 3 is 2.48 bits per heavy atom. The second-order valence-electron chi connectivity index (χ2n) is 5.33. The molecule has 2 rings (SSSR count). The molecule has 5 nitrogen and oxygen atoms in total. The lowest BCUT2D eigenvalue weighted by molar-refractivity contribution is -0.132. The predicted molar refractivity (Wildman–Crippen MR) is 79.9 cm³/mol. The first-order chi connectivity index (χ1) is 10.2. The number of carbonyl (C=O) groups excluding carboxylic acids is 2. The van der Waals surface area contributed by atoms with Crippen LogP contribution in [0.1, 0.15) is 24.8 Å². The van der Waals surface area contributed by atoms with Crippen LogP contribution in [-0.4, -0.2) is 38.6 Å². The van der Waals surface area contributed by atoms with Gasteiger partial charge < -0.3 is 15.4 Å². The molecule has 1 aliphatic carbocycles. The van der Waals surface area contributed by atoms with Crippen molar-refractivity contribution in [3.05, 3.63) is 35.9 Å². The van der Waals surface area contributed by atoms with Crippen LogP contribution < -0.4 is 10.6 Å². The van der Waals surface area contributed by atoms with Crippen molar-refractivity contribution in [2.75, 3.05) is 26.8 Å². The summed E-state index contributed by atoms with van der Waals surface area (Å²) in [5, 5.41) is 5.45. The summed E-state index contributed by atoms with van der Waals surface area (Å²) in [6.45, 7) is 0.930. The van der Waals surface area contributed by atoms with Gasteiger partial charge in [0.25, 0.3) is 0 Å². The van der Waals surface area contributed by atoms with Gasteiger partial charge in [-0.25, -0.2) is 0 Å². The topological polar surface area (TPSA) is 67.4 Å². The molecule has 1 aromatic carbocycles. The number of benzene rings is 1. The number of hydrogen-bond acceptors (Lipinski definition) is 3. The summed E-state index contributed by atoms with van der Waals surface area (Å²) in [7, 11) is 1.58. The zero-order valence-corrected chi connectivity index (χ0v) is 12.4. The zero-order chi connectivity index (χ0) is 15.1. The molecule has 2 N–H and O–H groups in total. The predicted octanol–water partition coefficient (Wildman–Crippen LogP) is 0.987. The van der Waals surface area contributed by atoms with E-state index in [2.05, 4.69) is 10.6 Å². The van der Waals surface area contributed by atoms with Gasteiger partial charge in [0.15, 0.2) is 0 Å². The van der Waals surface area contributed by atoms with E-state index >= 15 is 0 Å². The Hall–Kier alpha value is -1.88. The molecule has 0 aliphatic heterocycles. The number of ether oxygens (including phenoxy) is 1. The number of nitrogens with one attached hydrogen (secondary N) is 2. The molecular weight excluding hydrogens is 268 g/mol. The van der Waals surface area contributed by atoms with Crippen LogP contribution in [-0.2, 0) is 19.7 Å². The van der Waals surface area contributed by atoms with E-state index in [9.17, 15) is 9.59 Å². The van der Waals surface area contributed by atoms with E-state index in [4.69, 9.17) is 4.74 Å². The van der Waals surface area contributed by atoms with Gasteiger partial charge in [-0.3, -0.25) is 9.59 Å². The van der Waals surface area contributed by atoms with Crippen molar-refractivity contribution < 1.29 is 14.3 Å². The SMILES string of the molecule is COCCNC(=O)CNC(=O)C1(c2ccccc2)CCC1. The monoisotopic (exact) mass is 290 g/mol. The van der Waals surface area contributed by atoms with Crippen LogP contribution in [0.15, 0.2) is 30.3 Å². The number of carbonyl (C=O) groups is 2. The summed E-state index contributed by atoms with van der Waals surface area (Å²) in [6.07, 6.45) is 2.73. The third-order valence-electron chi connectivity index (χ3n) is 4.01. The third-order valence-corrected chi connectivity index (χ3v) is 4.01. The van der Waals surface area contributed by atoms with Crippen LogP contribution in [0.5, 0.6) is 0 Å². The third kappa shape index (κ3) is 3.61. The lowest BCUT2D eigenvalue weighted by Gasteiger charge is -2.40. The molecule has 5 heteroatoms. The first-order valence-corrected chi connectivity index (χ1v) is 7.28. The van der Waals surface area contributed by atoms with Crippen molar-refractivity contribution >= 4 is 11.8 Å². The van der Waals surface area contributed by atoms with E-state index in [0.29, 0.717) is 13.2 Å². The largest absolute Gasteiger partial charge is 0.383 e. The van der Waals surface area contributed by atoms with Gasteiger partial charge in [-0.05, 0) is 18.4 Å². The molecule has 0 atom stereocenters. The van der Waals surface area contributed by atoms with Crippen molar-refractivity contribution in [1.29, 1.82) is 0 Å². The van der Waals surface area contributed by atoms with Crippen molar-refractivity contribution in [2.45, 2.75) is 24.7 Å². The van der Waals surface area contributed by atoms with E-state index in [1.54, 1.807) is 7.11 Å². The molecule has 1 saturated carbocycles. The fourth-order valence-electron chi connectivity index (χ4n) is 2.62. The molecule has 0 bridgehead atoms. The van der Waals surface area contributed by atoms with Gasteiger partial charge >= 0.3 is 0 Å². The van der Waals surface area contributed by atoms with E-state index in [1.165, 1.54) is 0 Å². The quantitative estimate of drug-likeness (QED) is 0.736. The molecule has 0 unspecified atom stereocenters. The van der Waals surface area contributed by atoms with Crippen molar-refractivity contribution in [3.63, 3.8) is 0 Å².